The fourth-order valence-electron chi connectivity index (χ4n) is 2.42. The monoisotopic (exact) mass is 281 g/mol. The quantitative estimate of drug-likeness (QED) is 0.849. The van der Waals surface area contributed by atoms with Crippen molar-refractivity contribution in [3.05, 3.63) is 35.4 Å². The van der Waals surface area contributed by atoms with Crippen molar-refractivity contribution >= 4 is 5.91 Å². The molecule has 1 saturated carbocycles. The van der Waals surface area contributed by atoms with Crippen LogP contribution in [0.1, 0.15) is 29.6 Å². The number of hydrogen-bond acceptors (Lipinski definition) is 2. The average Bonchev–Trinajstić information content (AvgIpc) is 3.16. The number of carbonyl (C=O) groups excluding carboxylic acids is 1. The molecule has 20 heavy (non-hydrogen) atoms. The van der Waals surface area contributed by atoms with Crippen LogP contribution in [0.2, 0.25) is 0 Å². The summed E-state index contributed by atoms with van der Waals surface area (Å²) in [4.78, 5) is 13.8. The molecule has 1 aliphatic carbocycles. The first-order valence-electron chi connectivity index (χ1n) is 6.99. The van der Waals surface area contributed by atoms with E-state index in [0.717, 1.165) is 25.2 Å². The van der Waals surface area contributed by atoms with Crippen LogP contribution < -0.4 is 0 Å². The lowest BCUT2D eigenvalue weighted by Crippen LogP contribution is -2.30. The van der Waals surface area contributed by atoms with E-state index >= 15 is 0 Å². The maximum absolute atomic E-state index is 13.1. The second-order valence-corrected chi connectivity index (χ2v) is 5.57. The highest BCUT2D eigenvalue weighted by atomic mass is 19.2. The van der Waals surface area contributed by atoms with Crippen molar-refractivity contribution < 1.29 is 18.3 Å². The first-order chi connectivity index (χ1) is 9.63. The number of hydrogen-bond donors (Lipinski definition) is 0. The fraction of sp³-hybridized carbons (Fsp3) is 0.533. The molecule has 0 radical (unpaired) electrons. The van der Waals surface area contributed by atoms with Gasteiger partial charge >= 0.3 is 0 Å². The normalized spacial score (nSPS) is 22.3. The van der Waals surface area contributed by atoms with Crippen LogP contribution in [0.4, 0.5) is 8.78 Å². The Hall–Kier alpha value is -1.49. The number of benzene rings is 1. The van der Waals surface area contributed by atoms with E-state index in [0.29, 0.717) is 19.0 Å². The molecule has 1 aliphatic heterocycles. The van der Waals surface area contributed by atoms with Crippen LogP contribution in [0.3, 0.4) is 0 Å². The van der Waals surface area contributed by atoms with Gasteiger partial charge in [-0.05, 0) is 43.4 Å². The van der Waals surface area contributed by atoms with Crippen molar-refractivity contribution in [2.24, 2.45) is 5.92 Å². The Morgan fingerprint density at radius 2 is 2.05 bits per heavy atom. The molecule has 108 valence electrons. The van der Waals surface area contributed by atoms with E-state index in [-0.39, 0.29) is 17.6 Å². The fourth-order valence-corrected chi connectivity index (χ4v) is 2.42. The highest BCUT2D eigenvalue weighted by Crippen LogP contribution is 2.30. The molecule has 1 amide bonds. The summed E-state index contributed by atoms with van der Waals surface area (Å²) >= 11 is 0. The molecular formula is C15H17F2NO2. The lowest BCUT2D eigenvalue weighted by molar-refractivity contribution is 0.0480. The molecule has 2 aliphatic rings. The number of rotatable bonds is 4. The number of amides is 1. The lowest BCUT2D eigenvalue weighted by Gasteiger charge is -2.17. The molecule has 3 rings (SSSR count). The summed E-state index contributed by atoms with van der Waals surface area (Å²) in [6, 6.07) is 3.26. The summed E-state index contributed by atoms with van der Waals surface area (Å²) in [6.45, 7) is 1.91. The number of likely N-dealkylation sites (tertiary alicyclic amines) is 1. The van der Waals surface area contributed by atoms with Crippen molar-refractivity contribution in [2.75, 3.05) is 19.7 Å². The van der Waals surface area contributed by atoms with Gasteiger partial charge < -0.3 is 9.64 Å². The Morgan fingerprint density at radius 1 is 1.25 bits per heavy atom. The van der Waals surface area contributed by atoms with E-state index in [9.17, 15) is 13.6 Å². The van der Waals surface area contributed by atoms with Gasteiger partial charge in [-0.3, -0.25) is 4.79 Å². The molecule has 0 spiro atoms. The number of ether oxygens (including phenoxy) is 1. The Balaban J connectivity index is 1.58. The predicted molar refractivity (Wildman–Crippen MR) is 69.3 cm³/mol. The summed E-state index contributed by atoms with van der Waals surface area (Å²) in [5, 5.41) is 0. The molecule has 0 bridgehead atoms. The van der Waals surface area contributed by atoms with Gasteiger partial charge in [-0.2, -0.15) is 0 Å². The summed E-state index contributed by atoms with van der Waals surface area (Å²) < 4.78 is 31.8. The molecule has 3 nitrogen and oxygen atoms in total. The van der Waals surface area contributed by atoms with Crippen molar-refractivity contribution in [3.63, 3.8) is 0 Å². The molecule has 5 heteroatoms. The summed E-state index contributed by atoms with van der Waals surface area (Å²) in [5.41, 5.74) is 0.187. The third-order valence-electron chi connectivity index (χ3n) is 3.86. The number of nitrogens with zero attached hydrogens (tertiary/aromatic N) is 1. The van der Waals surface area contributed by atoms with Gasteiger partial charge in [0, 0.05) is 25.3 Å². The van der Waals surface area contributed by atoms with Gasteiger partial charge in [0.15, 0.2) is 11.6 Å². The van der Waals surface area contributed by atoms with Crippen molar-refractivity contribution in [1.82, 2.24) is 4.90 Å². The van der Waals surface area contributed by atoms with Crippen LogP contribution >= 0.6 is 0 Å². The van der Waals surface area contributed by atoms with E-state index in [1.807, 2.05) is 0 Å². The van der Waals surface area contributed by atoms with Crippen molar-refractivity contribution in [1.29, 1.82) is 0 Å². The van der Waals surface area contributed by atoms with Crippen LogP contribution in [0.25, 0.3) is 0 Å². The number of halogens is 2. The van der Waals surface area contributed by atoms with Gasteiger partial charge in [0.2, 0.25) is 0 Å². The van der Waals surface area contributed by atoms with Gasteiger partial charge in [-0.1, -0.05) is 0 Å². The maximum atomic E-state index is 13.1. The minimum atomic E-state index is -0.989. The summed E-state index contributed by atoms with van der Waals surface area (Å²) in [5.74, 6) is -1.49. The highest BCUT2D eigenvalue weighted by molar-refractivity contribution is 5.94. The summed E-state index contributed by atoms with van der Waals surface area (Å²) in [6.07, 6.45) is 3.36. The van der Waals surface area contributed by atoms with Gasteiger partial charge in [-0.15, -0.1) is 0 Å². The number of carbonyl (C=O) groups is 1. The first-order valence-corrected chi connectivity index (χ1v) is 6.99. The lowest BCUT2D eigenvalue weighted by atomic mass is 10.2. The zero-order valence-corrected chi connectivity index (χ0v) is 11.1. The standard InChI is InChI=1S/C15H17F2NO2/c16-13-4-3-11(7-14(13)17)15(19)18-6-5-12(8-18)20-9-10-1-2-10/h3-4,7,10,12H,1-2,5-6,8-9H2/t12-/m1/s1. The molecule has 2 fully saturated rings. The van der Waals surface area contributed by atoms with E-state index < -0.39 is 11.6 Å². The van der Waals surface area contributed by atoms with Crippen LogP contribution in [0.15, 0.2) is 18.2 Å². The topological polar surface area (TPSA) is 29.5 Å². The van der Waals surface area contributed by atoms with E-state index in [2.05, 4.69) is 0 Å². The predicted octanol–water partition coefficient (Wildman–Crippen LogP) is 2.61. The molecule has 1 aromatic carbocycles. The molecule has 1 atom stereocenters. The van der Waals surface area contributed by atoms with Crippen LogP contribution in [-0.2, 0) is 4.74 Å². The highest BCUT2D eigenvalue weighted by Gasteiger charge is 2.30. The van der Waals surface area contributed by atoms with Crippen molar-refractivity contribution in [3.8, 4) is 0 Å². The van der Waals surface area contributed by atoms with Gasteiger partial charge in [0.05, 0.1) is 6.10 Å². The Labute approximate surface area is 116 Å². The average molecular weight is 281 g/mol. The van der Waals surface area contributed by atoms with Gasteiger partial charge in [-0.25, -0.2) is 8.78 Å². The van der Waals surface area contributed by atoms with Gasteiger partial charge in [0.25, 0.3) is 5.91 Å². The molecule has 1 aromatic rings. The third kappa shape index (κ3) is 2.98. The van der Waals surface area contributed by atoms with E-state index in [1.165, 1.54) is 18.9 Å². The SMILES string of the molecule is O=C(c1ccc(F)c(F)c1)N1CC[C@@H](OCC2CC2)C1. The minimum Gasteiger partial charge on any atom is -0.376 e. The second kappa shape index (κ2) is 5.48. The molecule has 0 N–H and O–H groups in total. The Morgan fingerprint density at radius 3 is 2.75 bits per heavy atom. The molecule has 1 heterocycles. The van der Waals surface area contributed by atoms with Crippen LogP contribution in [0.5, 0.6) is 0 Å². The molecule has 0 unspecified atom stereocenters. The van der Waals surface area contributed by atoms with Gasteiger partial charge in [0.1, 0.15) is 0 Å². The van der Waals surface area contributed by atoms with E-state index in [1.54, 1.807) is 4.90 Å². The Bertz CT molecular complexity index is 517. The van der Waals surface area contributed by atoms with Crippen molar-refractivity contribution in [2.45, 2.75) is 25.4 Å². The smallest absolute Gasteiger partial charge is 0.254 e. The maximum Gasteiger partial charge on any atom is 0.254 e. The second-order valence-electron chi connectivity index (χ2n) is 5.57. The first kappa shape index (κ1) is 13.5. The third-order valence-corrected chi connectivity index (χ3v) is 3.86. The molecular weight excluding hydrogens is 264 g/mol. The largest absolute Gasteiger partial charge is 0.376 e. The molecule has 0 aromatic heterocycles. The zero-order chi connectivity index (χ0) is 14.1. The Kier molecular flexibility index (Phi) is 3.70. The van der Waals surface area contributed by atoms with Crippen LogP contribution in [0, 0.1) is 17.6 Å². The van der Waals surface area contributed by atoms with E-state index in [4.69, 9.17) is 4.74 Å². The summed E-state index contributed by atoms with van der Waals surface area (Å²) in [7, 11) is 0. The molecule has 1 saturated heterocycles. The van der Waals surface area contributed by atoms with Crippen LogP contribution in [-0.4, -0.2) is 36.6 Å². The zero-order valence-electron chi connectivity index (χ0n) is 11.1. The minimum absolute atomic E-state index is 0.0739.